The standard InChI is InChI=1S/C15H13ClFNOS/c1-18(9-10-2-5-12(16)6-3-10)15(19)11-4-7-13(17)14(20)8-11/h2-8,20H,9H2,1H3. The fourth-order valence-corrected chi connectivity index (χ4v) is 2.14. The maximum absolute atomic E-state index is 13.1. The van der Waals surface area contributed by atoms with Crippen LogP contribution in [0.2, 0.25) is 5.02 Å². The molecule has 0 fully saturated rings. The lowest BCUT2D eigenvalue weighted by Crippen LogP contribution is -2.26. The van der Waals surface area contributed by atoms with Gasteiger partial charge in [0.25, 0.3) is 5.91 Å². The first-order valence-electron chi connectivity index (χ1n) is 5.96. The molecule has 2 nitrogen and oxygen atoms in total. The molecule has 20 heavy (non-hydrogen) atoms. The number of amides is 1. The van der Waals surface area contributed by atoms with Crippen LogP contribution in [0.25, 0.3) is 0 Å². The molecular formula is C15H13ClFNOS. The van der Waals surface area contributed by atoms with Gasteiger partial charge in [0, 0.05) is 29.1 Å². The number of hydrogen-bond donors (Lipinski definition) is 1. The lowest BCUT2D eigenvalue weighted by molar-refractivity contribution is 0.0785. The van der Waals surface area contributed by atoms with Gasteiger partial charge in [0.15, 0.2) is 0 Å². The summed E-state index contributed by atoms with van der Waals surface area (Å²) in [6.45, 7) is 0.454. The molecule has 0 bridgehead atoms. The Morgan fingerprint density at radius 3 is 2.50 bits per heavy atom. The van der Waals surface area contributed by atoms with Crippen LogP contribution in [0.4, 0.5) is 4.39 Å². The minimum absolute atomic E-state index is 0.163. The predicted molar refractivity (Wildman–Crippen MR) is 80.9 cm³/mol. The SMILES string of the molecule is CN(Cc1ccc(Cl)cc1)C(=O)c1ccc(F)c(S)c1. The molecule has 0 saturated heterocycles. The van der Waals surface area contributed by atoms with Crippen molar-refractivity contribution in [1.29, 1.82) is 0 Å². The minimum Gasteiger partial charge on any atom is -0.337 e. The highest BCUT2D eigenvalue weighted by atomic mass is 35.5. The Morgan fingerprint density at radius 1 is 1.25 bits per heavy atom. The van der Waals surface area contributed by atoms with E-state index < -0.39 is 5.82 Å². The monoisotopic (exact) mass is 309 g/mol. The van der Waals surface area contributed by atoms with Crippen LogP contribution in [0.1, 0.15) is 15.9 Å². The Bertz CT molecular complexity index is 630. The van der Waals surface area contributed by atoms with Crippen molar-refractivity contribution >= 4 is 30.1 Å². The summed E-state index contributed by atoms with van der Waals surface area (Å²) in [4.78, 5) is 13.9. The molecule has 0 aliphatic rings. The van der Waals surface area contributed by atoms with E-state index >= 15 is 0 Å². The van der Waals surface area contributed by atoms with Gasteiger partial charge in [0.2, 0.25) is 0 Å². The second kappa shape index (κ2) is 6.29. The molecule has 2 rings (SSSR count). The molecule has 0 unspecified atom stereocenters. The molecule has 0 spiro atoms. The number of carbonyl (C=O) groups excluding carboxylic acids is 1. The normalized spacial score (nSPS) is 10.4. The third kappa shape index (κ3) is 3.52. The number of halogens is 2. The summed E-state index contributed by atoms with van der Waals surface area (Å²) >= 11 is 9.79. The largest absolute Gasteiger partial charge is 0.337 e. The van der Waals surface area contributed by atoms with Crippen molar-refractivity contribution in [2.45, 2.75) is 11.4 Å². The van der Waals surface area contributed by atoms with Crippen LogP contribution in [0.15, 0.2) is 47.4 Å². The van der Waals surface area contributed by atoms with Crippen LogP contribution in [-0.2, 0) is 6.54 Å². The molecule has 104 valence electrons. The third-order valence-corrected chi connectivity index (χ3v) is 3.47. The molecule has 0 radical (unpaired) electrons. The van der Waals surface area contributed by atoms with Crippen LogP contribution in [0, 0.1) is 5.82 Å². The van der Waals surface area contributed by atoms with E-state index in [4.69, 9.17) is 11.6 Å². The number of benzene rings is 2. The summed E-state index contributed by atoms with van der Waals surface area (Å²) in [7, 11) is 1.69. The predicted octanol–water partition coefficient (Wildman–Crippen LogP) is 4.04. The number of nitrogens with zero attached hydrogens (tertiary/aromatic N) is 1. The summed E-state index contributed by atoms with van der Waals surface area (Å²) in [6, 6.07) is 11.4. The van der Waals surface area contributed by atoms with Gasteiger partial charge < -0.3 is 4.90 Å². The Labute approximate surface area is 127 Å². The molecule has 0 atom stereocenters. The van der Waals surface area contributed by atoms with Crippen LogP contribution in [0.5, 0.6) is 0 Å². The molecule has 0 aliphatic carbocycles. The van der Waals surface area contributed by atoms with Crippen molar-refractivity contribution in [3.8, 4) is 0 Å². The van der Waals surface area contributed by atoms with Crippen LogP contribution >= 0.6 is 24.2 Å². The third-order valence-electron chi connectivity index (χ3n) is 2.87. The maximum atomic E-state index is 13.1. The first-order valence-corrected chi connectivity index (χ1v) is 6.78. The molecular weight excluding hydrogens is 297 g/mol. The van der Waals surface area contributed by atoms with E-state index in [0.29, 0.717) is 17.1 Å². The second-order valence-electron chi connectivity index (χ2n) is 4.45. The van der Waals surface area contributed by atoms with Crippen LogP contribution < -0.4 is 0 Å². The minimum atomic E-state index is -0.440. The fourth-order valence-electron chi connectivity index (χ4n) is 1.80. The van der Waals surface area contributed by atoms with E-state index in [1.807, 2.05) is 12.1 Å². The Kier molecular flexibility index (Phi) is 4.68. The van der Waals surface area contributed by atoms with E-state index in [0.717, 1.165) is 5.56 Å². The van der Waals surface area contributed by atoms with E-state index in [-0.39, 0.29) is 10.8 Å². The van der Waals surface area contributed by atoms with E-state index in [1.165, 1.54) is 18.2 Å². The highest BCUT2D eigenvalue weighted by Crippen LogP contribution is 2.17. The summed E-state index contributed by atoms with van der Waals surface area (Å²) < 4.78 is 13.1. The Balaban J connectivity index is 2.11. The molecule has 0 aliphatic heterocycles. The summed E-state index contributed by atoms with van der Waals surface area (Å²) in [5.41, 5.74) is 1.38. The smallest absolute Gasteiger partial charge is 0.253 e. The average Bonchev–Trinajstić information content (AvgIpc) is 2.43. The van der Waals surface area contributed by atoms with Gasteiger partial charge in [-0.15, -0.1) is 12.6 Å². The van der Waals surface area contributed by atoms with E-state index in [1.54, 1.807) is 24.1 Å². The lowest BCUT2D eigenvalue weighted by atomic mass is 10.1. The van der Waals surface area contributed by atoms with Crippen molar-refractivity contribution < 1.29 is 9.18 Å². The van der Waals surface area contributed by atoms with Gasteiger partial charge in [-0.1, -0.05) is 23.7 Å². The van der Waals surface area contributed by atoms with E-state index in [9.17, 15) is 9.18 Å². The number of thiol groups is 1. The lowest BCUT2D eigenvalue weighted by Gasteiger charge is -2.17. The van der Waals surface area contributed by atoms with Gasteiger partial charge in [-0.2, -0.15) is 0 Å². The van der Waals surface area contributed by atoms with Crippen molar-refractivity contribution in [1.82, 2.24) is 4.90 Å². The van der Waals surface area contributed by atoms with Gasteiger partial charge in [0.05, 0.1) is 0 Å². The quantitative estimate of drug-likeness (QED) is 0.848. The van der Waals surface area contributed by atoms with Crippen molar-refractivity contribution in [3.63, 3.8) is 0 Å². The van der Waals surface area contributed by atoms with E-state index in [2.05, 4.69) is 12.6 Å². The molecule has 2 aromatic carbocycles. The van der Waals surface area contributed by atoms with Crippen molar-refractivity contribution in [3.05, 3.63) is 64.4 Å². The first-order chi connectivity index (χ1) is 9.47. The van der Waals surface area contributed by atoms with Crippen LogP contribution in [-0.4, -0.2) is 17.9 Å². The number of carbonyl (C=O) groups is 1. The van der Waals surface area contributed by atoms with Crippen molar-refractivity contribution in [2.75, 3.05) is 7.05 Å². The maximum Gasteiger partial charge on any atom is 0.253 e. The molecule has 1 amide bonds. The highest BCUT2D eigenvalue weighted by molar-refractivity contribution is 7.80. The van der Waals surface area contributed by atoms with Gasteiger partial charge in [-0.3, -0.25) is 4.79 Å². The van der Waals surface area contributed by atoms with Gasteiger partial charge >= 0.3 is 0 Å². The zero-order valence-corrected chi connectivity index (χ0v) is 12.5. The van der Waals surface area contributed by atoms with Gasteiger partial charge in [-0.05, 0) is 35.9 Å². The number of rotatable bonds is 3. The molecule has 0 aromatic heterocycles. The molecule has 0 heterocycles. The van der Waals surface area contributed by atoms with Gasteiger partial charge in [-0.25, -0.2) is 4.39 Å². The Morgan fingerprint density at radius 2 is 1.90 bits per heavy atom. The Hall–Kier alpha value is -1.52. The average molecular weight is 310 g/mol. The summed E-state index contributed by atoms with van der Waals surface area (Å²) in [6.07, 6.45) is 0. The fraction of sp³-hybridized carbons (Fsp3) is 0.133. The zero-order valence-electron chi connectivity index (χ0n) is 10.8. The first kappa shape index (κ1) is 14.9. The topological polar surface area (TPSA) is 20.3 Å². The summed E-state index contributed by atoms with van der Waals surface area (Å²) in [5.74, 6) is -0.625. The molecule has 2 aromatic rings. The van der Waals surface area contributed by atoms with Crippen molar-refractivity contribution in [2.24, 2.45) is 0 Å². The van der Waals surface area contributed by atoms with Crippen LogP contribution in [0.3, 0.4) is 0 Å². The summed E-state index contributed by atoms with van der Waals surface area (Å²) in [5, 5.41) is 0.654. The molecule has 0 N–H and O–H groups in total. The molecule has 5 heteroatoms. The number of hydrogen-bond acceptors (Lipinski definition) is 2. The zero-order chi connectivity index (χ0) is 14.7. The second-order valence-corrected chi connectivity index (χ2v) is 5.37. The highest BCUT2D eigenvalue weighted by Gasteiger charge is 2.13. The molecule has 0 saturated carbocycles. The van der Waals surface area contributed by atoms with Gasteiger partial charge in [0.1, 0.15) is 5.82 Å².